The summed E-state index contributed by atoms with van der Waals surface area (Å²) >= 11 is 6.78. The molecular formula is C12H14BrNOS2. The highest BCUT2D eigenvalue weighted by Gasteiger charge is 2.12. The molecule has 0 aliphatic heterocycles. The molecule has 2 rings (SSSR count). The van der Waals surface area contributed by atoms with Gasteiger partial charge in [-0.25, -0.2) is 0 Å². The van der Waals surface area contributed by atoms with E-state index in [0.717, 1.165) is 9.35 Å². The van der Waals surface area contributed by atoms with Crippen molar-refractivity contribution >= 4 is 38.6 Å². The summed E-state index contributed by atoms with van der Waals surface area (Å²) in [4.78, 5) is 1.27. The van der Waals surface area contributed by atoms with Crippen molar-refractivity contribution < 1.29 is 5.11 Å². The van der Waals surface area contributed by atoms with Crippen molar-refractivity contribution in [3.05, 3.63) is 43.2 Å². The summed E-state index contributed by atoms with van der Waals surface area (Å²) in [6, 6.07) is 6.37. The van der Waals surface area contributed by atoms with Crippen molar-refractivity contribution in [2.45, 2.75) is 19.1 Å². The largest absolute Gasteiger partial charge is 0.387 e. The van der Waals surface area contributed by atoms with Crippen LogP contribution in [0.4, 0.5) is 0 Å². The summed E-state index contributed by atoms with van der Waals surface area (Å²) < 4.78 is 1.14. The maximum Gasteiger partial charge on any atom is 0.0922 e. The van der Waals surface area contributed by atoms with Gasteiger partial charge in [0, 0.05) is 17.5 Å². The van der Waals surface area contributed by atoms with Gasteiger partial charge in [0.1, 0.15) is 0 Å². The van der Waals surface area contributed by atoms with Crippen LogP contribution < -0.4 is 5.32 Å². The Bertz CT molecular complexity index is 455. The molecule has 0 aliphatic carbocycles. The van der Waals surface area contributed by atoms with Gasteiger partial charge in [-0.05, 0) is 57.4 Å². The van der Waals surface area contributed by atoms with Gasteiger partial charge < -0.3 is 10.4 Å². The van der Waals surface area contributed by atoms with Gasteiger partial charge in [0.25, 0.3) is 0 Å². The molecule has 2 N–H and O–H groups in total. The Hall–Kier alpha value is -0.200. The SMILES string of the molecule is C[C@@H](NC[C@@H](O)c1ccsc1)c1ccc(Br)s1. The molecule has 17 heavy (non-hydrogen) atoms. The van der Waals surface area contributed by atoms with E-state index in [4.69, 9.17) is 0 Å². The Morgan fingerprint density at radius 3 is 2.82 bits per heavy atom. The van der Waals surface area contributed by atoms with Crippen molar-refractivity contribution in [1.29, 1.82) is 0 Å². The highest BCUT2D eigenvalue weighted by Crippen LogP contribution is 2.27. The smallest absolute Gasteiger partial charge is 0.0922 e. The number of rotatable bonds is 5. The van der Waals surface area contributed by atoms with E-state index in [9.17, 15) is 5.11 Å². The minimum Gasteiger partial charge on any atom is -0.387 e. The molecule has 0 spiro atoms. The second-order valence-electron chi connectivity index (χ2n) is 3.84. The monoisotopic (exact) mass is 331 g/mol. The summed E-state index contributed by atoms with van der Waals surface area (Å²) in [5.74, 6) is 0. The number of halogens is 1. The highest BCUT2D eigenvalue weighted by molar-refractivity contribution is 9.11. The molecule has 92 valence electrons. The van der Waals surface area contributed by atoms with Gasteiger partial charge in [0.15, 0.2) is 0 Å². The van der Waals surface area contributed by atoms with Crippen LogP contribution in [0.1, 0.15) is 29.5 Å². The molecule has 0 radical (unpaired) electrons. The maximum absolute atomic E-state index is 9.95. The fraction of sp³-hybridized carbons (Fsp3) is 0.333. The quantitative estimate of drug-likeness (QED) is 0.869. The van der Waals surface area contributed by atoms with Crippen LogP contribution in [0.3, 0.4) is 0 Å². The minimum absolute atomic E-state index is 0.264. The third kappa shape index (κ3) is 3.63. The second kappa shape index (κ2) is 6.11. The lowest BCUT2D eigenvalue weighted by molar-refractivity contribution is 0.171. The van der Waals surface area contributed by atoms with E-state index in [1.165, 1.54) is 4.88 Å². The zero-order valence-corrected chi connectivity index (χ0v) is 12.6. The van der Waals surface area contributed by atoms with E-state index in [-0.39, 0.29) is 6.04 Å². The molecule has 2 nitrogen and oxygen atoms in total. The standard InChI is InChI=1S/C12H14BrNOS2/c1-8(11-2-3-12(13)17-11)14-6-10(15)9-4-5-16-7-9/h2-5,7-8,10,14-15H,6H2,1H3/t8-,10-/m1/s1. The molecule has 0 aromatic carbocycles. The average molecular weight is 332 g/mol. The number of aliphatic hydroxyl groups is 1. The van der Waals surface area contributed by atoms with Crippen molar-refractivity contribution in [3.8, 4) is 0 Å². The first-order valence-corrected chi connectivity index (χ1v) is 7.91. The number of thiophene rings is 2. The molecule has 0 fully saturated rings. The summed E-state index contributed by atoms with van der Waals surface area (Å²) in [6.07, 6.45) is -0.424. The maximum atomic E-state index is 9.95. The Morgan fingerprint density at radius 1 is 1.41 bits per heavy atom. The normalized spacial score (nSPS) is 14.8. The van der Waals surface area contributed by atoms with Crippen molar-refractivity contribution in [2.24, 2.45) is 0 Å². The minimum atomic E-state index is -0.424. The van der Waals surface area contributed by atoms with Gasteiger partial charge in [0.2, 0.25) is 0 Å². The summed E-state index contributed by atoms with van der Waals surface area (Å²) in [5, 5.41) is 17.3. The first-order valence-electron chi connectivity index (χ1n) is 5.35. The molecule has 0 aliphatic rings. The Morgan fingerprint density at radius 2 is 2.24 bits per heavy atom. The Balaban J connectivity index is 1.86. The number of nitrogens with one attached hydrogen (secondary N) is 1. The van der Waals surface area contributed by atoms with Crippen LogP contribution >= 0.6 is 38.6 Å². The van der Waals surface area contributed by atoms with Gasteiger partial charge in [-0.1, -0.05) is 0 Å². The van der Waals surface area contributed by atoms with Gasteiger partial charge in [-0.3, -0.25) is 0 Å². The van der Waals surface area contributed by atoms with Crippen LogP contribution in [-0.4, -0.2) is 11.7 Å². The number of aliphatic hydroxyl groups excluding tert-OH is 1. The molecule has 2 heterocycles. The summed E-state index contributed by atoms with van der Waals surface area (Å²) in [7, 11) is 0. The molecular weight excluding hydrogens is 318 g/mol. The highest BCUT2D eigenvalue weighted by atomic mass is 79.9. The topological polar surface area (TPSA) is 32.3 Å². The zero-order chi connectivity index (χ0) is 12.3. The summed E-state index contributed by atoms with van der Waals surface area (Å²) in [6.45, 7) is 2.69. The van der Waals surface area contributed by atoms with Crippen molar-refractivity contribution in [1.82, 2.24) is 5.32 Å². The fourth-order valence-electron chi connectivity index (χ4n) is 1.53. The first kappa shape index (κ1) is 13.2. The lowest BCUT2D eigenvalue weighted by atomic mass is 10.2. The van der Waals surface area contributed by atoms with E-state index in [2.05, 4.69) is 34.2 Å². The molecule has 0 bridgehead atoms. The molecule has 2 aromatic rings. The van der Waals surface area contributed by atoms with E-state index in [0.29, 0.717) is 6.54 Å². The number of hydrogen-bond acceptors (Lipinski definition) is 4. The van der Waals surface area contributed by atoms with E-state index in [1.54, 1.807) is 22.7 Å². The van der Waals surface area contributed by atoms with Gasteiger partial charge in [-0.15, -0.1) is 11.3 Å². The Kier molecular flexibility index (Phi) is 4.76. The predicted octanol–water partition coefficient (Wildman–Crippen LogP) is 3.96. The summed E-state index contributed by atoms with van der Waals surface area (Å²) in [5.41, 5.74) is 0.988. The van der Waals surface area contributed by atoms with E-state index >= 15 is 0 Å². The van der Waals surface area contributed by atoms with E-state index in [1.807, 2.05) is 22.9 Å². The van der Waals surface area contributed by atoms with Crippen LogP contribution in [0.5, 0.6) is 0 Å². The molecule has 0 saturated heterocycles. The molecule has 2 atom stereocenters. The second-order valence-corrected chi connectivity index (χ2v) is 7.12. The van der Waals surface area contributed by atoms with Crippen LogP contribution in [-0.2, 0) is 0 Å². The van der Waals surface area contributed by atoms with Crippen LogP contribution in [0.2, 0.25) is 0 Å². The van der Waals surface area contributed by atoms with Crippen LogP contribution in [0, 0.1) is 0 Å². The fourth-order valence-corrected chi connectivity index (χ4v) is 3.69. The third-order valence-electron chi connectivity index (χ3n) is 2.57. The van der Waals surface area contributed by atoms with Crippen molar-refractivity contribution in [3.63, 3.8) is 0 Å². The zero-order valence-electron chi connectivity index (χ0n) is 9.39. The lowest BCUT2D eigenvalue weighted by Gasteiger charge is -2.15. The first-order chi connectivity index (χ1) is 8.16. The lowest BCUT2D eigenvalue weighted by Crippen LogP contribution is -2.23. The van der Waals surface area contributed by atoms with Gasteiger partial charge in [-0.2, -0.15) is 11.3 Å². The molecule has 2 aromatic heterocycles. The predicted molar refractivity (Wildman–Crippen MR) is 77.7 cm³/mol. The van der Waals surface area contributed by atoms with Gasteiger partial charge in [0.05, 0.1) is 9.89 Å². The molecule has 0 unspecified atom stereocenters. The molecule has 0 amide bonds. The molecule has 5 heteroatoms. The van der Waals surface area contributed by atoms with Gasteiger partial charge >= 0.3 is 0 Å². The third-order valence-corrected chi connectivity index (χ3v) is 5.07. The molecule has 0 saturated carbocycles. The average Bonchev–Trinajstić information content (AvgIpc) is 2.95. The van der Waals surface area contributed by atoms with Crippen LogP contribution in [0.25, 0.3) is 0 Å². The van der Waals surface area contributed by atoms with Crippen molar-refractivity contribution in [2.75, 3.05) is 6.54 Å². The number of hydrogen-bond donors (Lipinski definition) is 2. The van der Waals surface area contributed by atoms with Crippen LogP contribution in [0.15, 0.2) is 32.7 Å². The van der Waals surface area contributed by atoms with E-state index < -0.39 is 6.10 Å². The Labute approximate surface area is 117 Å².